The average molecular weight is 297 g/mol. The van der Waals surface area contributed by atoms with Crippen LogP contribution >= 0.6 is 0 Å². The fourth-order valence-corrected chi connectivity index (χ4v) is 3.34. The molecule has 0 aliphatic heterocycles. The molecule has 0 spiro atoms. The van der Waals surface area contributed by atoms with Crippen LogP contribution in [0.1, 0.15) is 44.2 Å². The highest BCUT2D eigenvalue weighted by Gasteiger charge is 2.08. The van der Waals surface area contributed by atoms with Crippen molar-refractivity contribution < 1.29 is 8.95 Å². The van der Waals surface area contributed by atoms with E-state index in [4.69, 9.17) is 4.74 Å². The third-order valence-electron chi connectivity index (χ3n) is 3.14. The quantitative estimate of drug-likeness (QED) is 0.674. The molecule has 0 fully saturated rings. The van der Waals surface area contributed by atoms with E-state index >= 15 is 0 Å². The summed E-state index contributed by atoms with van der Waals surface area (Å²) in [6, 6.07) is 6.17. The van der Waals surface area contributed by atoms with Crippen molar-refractivity contribution in [1.82, 2.24) is 5.32 Å². The van der Waals surface area contributed by atoms with Crippen molar-refractivity contribution in [3.05, 3.63) is 29.3 Å². The number of rotatable bonds is 10. The molecule has 0 heterocycles. The second-order valence-corrected chi connectivity index (χ2v) is 6.54. The standard InChI is InChI=1S/C16H27NO2S/c1-4-6-10-20(18)13-15-11-14(12-17-9-5-2)7-8-16(15)19-3/h7-8,11,17H,4-6,9-10,12-13H2,1-3H3. The topological polar surface area (TPSA) is 38.3 Å². The van der Waals surface area contributed by atoms with Crippen LogP contribution in [-0.4, -0.2) is 23.6 Å². The number of nitrogens with one attached hydrogen (secondary N) is 1. The molecule has 4 heteroatoms. The van der Waals surface area contributed by atoms with E-state index in [1.807, 2.05) is 6.07 Å². The summed E-state index contributed by atoms with van der Waals surface area (Å²) in [6.45, 7) is 6.15. The van der Waals surface area contributed by atoms with Gasteiger partial charge in [0.25, 0.3) is 0 Å². The smallest absolute Gasteiger partial charge is 0.123 e. The van der Waals surface area contributed by atoms with Gasteiger partial charge in [0, 0.05) is 28.7 Å². The van der Waals surface area contributed by atoms with Gasteiger partial charge < -0.3 is 10.1 Å². The zero-order chi connectivity index (χ0) is 14.8. The summed E-state index contributed by atoms with van der Waals surface area (Å²) in [6.07, 6.45) is 3.24. The van der Waals surface area contributed by atoms with Gasteiger partial charge in [-0.15, -0.1) is 0 Å². The Morgan fingerprint density at radius 1 is 1.25 bits per heavy atom. The molecule has 0 aliphatic carbocycles. The van der Waals surface area contributed by atoms with Gasteiger partial charge in [-0.05, 0) is 37.1 Å². The van der Waals surface area contributed by atoms with Gasteiger partial charge in [-0.1, -0.05) is 26.3 Å². The number of benzene rings is 1. The predicted molar refractivity (Wildman–Crippen MR) is 86.6 cm³/mol. The lowest BCUT2D eigenvalue weighted by Crippen LogP contribution is -2.14. The Hall–Kier alpha value is -0.870. The summed E-state index contributed by atoms with van der Waals surface area (Å²) in [4.78, 5) is 0. The van der Waals surface area contributed by atoms with Crippen molar-refractivity contribution in [2.24, 2.45) is 0 Å². The van der Waals surface area contributed by atoms with E-state index in [2.05, 4.69) is 31.3 Å². The summed E-state index contributed by atoms with van der Waals surface area (Å²) in [5, 5.41) is 3.39. The van der Waals surface area contributed by atoms with Gasteiger partial charge in [-0.3, -0.25) is 4.21 Å². The summed E-state index contributed by atoms with van der Waals surface area (Å²) in [7, 11) is 0.871. The Balaban J connectivity index is 2.70. The van der Waals surface area contributed by atoms with Crippen LogP contribution in [0.3, 0.4) is 0 Å². The van der Waals surface area contributed by atoms with Crippen LogP contribution in [0, 0.1) is 0 Å². The van der Waals surface area contributed by atoms with E-state index < -0.39 is 10.8 Å². The number of hydrogen-bond donors (Lipinski definition) is 1. The minimum absolute atomic E-state index is 0.588. The number of unbranched alkanes of at least 4 members (excludes halogenated alkanes) is 1. The number of ether oxygens (including phenoxy) is 1. The van der Waals surface area contributed by atoms with Crippen molar-refractivity contribution in [2.45, 2.75) is 45.4 Å². The molecule has 1 N–H and O–H groups in total. The molecular weight excluding hydrogens is 270 g/mol. The largest absolute Gasteiger partial charge is 0.496 e. The van der Waals surface area contributed by atoms with Crippen molar-refractivity contribution >= 4 is 10.8 Å². The van der Waals surface area contributed by atoms with E-state index in [0.717, 1.165) is 49.4 Å². The van der Waals surface area contributed by atoms with Crippen molar-refractivity contribution in [1.29, 1.82) is 0 Å². The first-order chi connectivity index (χ1) is 9.71. The average Bonchev–Trinajstić information content (AvgIpc) is 2.46. The van der Waals surface area contributed by atoms with Gasteiger partial charge in [0.1, 0.15) is 5.75 Å². The van der Waals surface area contributed by atoms with Gasteiger partial charge in [0.05, 0.1) is 12.9 Å². The van der Waals surface area contributed by atoms with Gasteiger partial charge >= 0.3 is 0 Å². The Morgan fingerprint density at radius 3 is 2.70 bits per heavy atom. The zero-order valence-corrected chi connectivity index (χ0v) is 13.7. The Morgan fingerprint density at radius 2 is 2.05 bits per heavy atom. The highest BCUT2D eigenvalue weighted by atomic mass is 32.2. The summed E-state index contributed by atoms with van der Waals surface area (Å²) < 4.78 is 17.4. The van der Waals surface area contributed by atoms with Gasteiger partial charge in [0.2, 0.25) is 0 Å². The van der Waals surface area contributed by atoms with Crippen LogP contribution < -0.4 is 10.1 Å². The summed E-state index contributed by atoms with van der Waals surface area (Å²) >= 11 is 0. The normalized spacial score (nSPS) is 12.3. The maximum Gasteiger partial charge on any atom is 0.123 e. The molecule has 0 aromatic heterocycles. The lowest BCUT2D eigenvalue weighted by atomic mass is 10.1. The van der Waals surface area contributed by atoms with E-state index in [1.54, 1.807) is 7.11 Å². The molecule has 0 saturated heterocycles. The first-order valence-electron chi connectivity index (χ1n) is 7.42. The van der Waals surface area contributed by atoms with Gasteiger partial charge in [0.15, 0.2) is 0 Å². The molecule has 1 rings (SSSR count). The molecule has 1 atom stereocenters. The maximum atomic E-state index is 12.1. The second-order valence-electron chi connectivity index (χ2n) is 4.96. The highest BCUT2D eigenvalue weighted by Crippen LogP contribution is 2.22. The Labute approximate surface area is 125 Å². The van der Waals surface area contributed by atoms with Crippen LogP contribution in [-0.2, 0) is 23.1 Å². The van der Waals surface area contributed by atoms with Crippen LogP contribution in [0.5, 0.6) is 5.75 Å². The Kier molecular flexibility index (Phi) is 8.54. The minimum Gasteiger partial charge on any atom is -0.496 e. The molecule has 1 unspecified atom stereocenters. The van der Waals surface area contributed by atoms with Crippen LogP contribution in [0.4, 0.5) is 0 Å². The maximum absolute atomic E-state index is 12.1. The highest BCUT2D eigenvalue weighted by molar-refractivity contribution is 7.84. The fourth-order valence-electron chi connectivity index (χ4n) is 2.02. The number of methoxy groups -OCH3 is 1. The molecule has 0 saturated carbocycles. The first-order valence-corrected chi connectivity index (χ1v) is 8.91. The minimum atomic E-state index is -0.799. The SMILES string of the molecule is CCCCS(=O)Cc1cc(CNCCC)ccc1OC. The molecular formula is C16H27NO2S. The van der Waals surface area contributed by atoms with Crippen LogP contribution in [0.2, 0.25) is 0 Å². The fraction of sp³-hybridized carbons (Fsp3) is 0.625. The van der Waals surface area contributed by atoms with Gasteiger partial charge in [-0.25, -0.2) is 0 Å². The van der Waals surface area contributed by atoms with Gasteiger partial charge in [-0.2, -0.15) is 0 Å². The predicted octanol–water partition coefficient (Wildman–Crippen LogP) is 3.24. The van der Waals surface area contributed by atoms with E-state index in [-0.39, 0.29) is 0 Å². The first kappa shape index (κ1) is 17.2. The zero-order valence-electron chi connectivity index (χ0n) is 12.9. The molecule has 1 aromatic rings. The molecule has 0 bridgehead atoms. The number of hydrogen-bond acceptors (Lipinski definition) is 3. The van der Waals surface area contributed by atoms with Crippen LogP contribution in [0.25, 0.3) is 0 Å². The van der Waals surface area contributed by atoms with Crippen molar-refractivity contribution in [3.63, 3.8) is 0 Å². The van der Waals surface area contributed by atoms with Crippen molar-refractivity contribution in [2.75, 3.05) is 19.4 Å². The van der Waals surface area contributed by atoms with E-state index in [0.29, 0.717) is 5.75 Å². The molecule has 3 nitrogen and oxygen atoms in total. The molecule has 1 aromatic carbocycles. The molecule has 0 aliphatic rings. The third kappa shape index (κ3) is 6.06. The summed E-state index contributed by atoms with van der Waals surface area (Å²) in [5.74, 6) is 2.21. The van der Waals surface area contributed by atoms with Crippen LogP contribution in [0.15, 0.2) is 18.2 Å². The summed E-state index contributed by atoms with van der Waals surface area (Å²) in [5.41, 5.74) is 2.28. The third-order valence-corrected chi connectivity index (χ3v) is 4.52. The second kappa shape index (κ2) is 9.94. The molecule has 0 radical (unpaired) electrons. The van der Waals surface area contributed by atoms with E-state index in [9.17, 15) is 4.21 Å². The lowest BCUT2D eigenvalue weighted by Gasteiger charge is -2.11. The molecule has 0 amide bonds. The lowest BCUT2D eigenvalue weighted by molar-refractivity contribution is 0.411. The molecule has 20 heavy (non-hydrogen) atoms. The van der Waals surface area contributed by atoms with Crippen molar-refractivity contribution in [3.8, 4) is 5.75 Å². The molecule has 114 valence electrons. The van der Waals surface area contributed by atoms with E-state index in [1.165, 1.54) is 5.56 Å². The Bertz CT molecular complexity index is 421. The monoisotopic (exact) mass is 297 g/mol.